The van der Waals surface area contributed by atoms with Gasteiger partial charge in [-0.2, -0.15) is 0 Å². The molecule has 0 unspecified atom stereocenters. The number of rotatable bonds is 2. The highest BCUT2D eigenvalue weighted by Gasteiger charge is 2.44. The second kappa shape index (κ2) is 4.83. The third-order valence-electron chi connectivity index (χ3n) is 4.33. The normalized spacial score (nSPS) is 20.7. The molecule has 0 aromatic heterocycles. The van der Waals surface area contributed by atoms with E-state index >= 15 is 0 Å². The quantitative estimate of drug-likeness (QED) is 0.667. The molecule has 110 valence electrons. The zero-order valence-corrected chi connectivity index (χ0v) is 11.4. The molecule has 1 aliphatic heterocycles. The number of anilines is 1. The summed E-state index contributed by atoms with van der Waals surface area (Å²) in [6, 6.07) is 4.97. The minimum atomic E-state index is -0.516. The first-order chi connectivity index (χ1) is 10.0. The number of nitro groups is 1. The number of imide groups is 1. The number of benzene rings is 1. The number of nitrogens with one attached hydrogen (secondary N) is 1. The highest BCUT2D eigenvalue weighted by molar-refractivity contribution is 6.15. The van der Waals surface area contributed by atoms with E-state index in [0.29, 0.717) is 18.7 Å². The van der Waals surface area contributed by atoms with Crippen LogP contribution in [-0.4, -0.2) is 23.4 Å². The van der Waals surface area contributed by atoms with Gasteiger partial charge in [0.2, 0.25) is 5.91 Å². The number of non-ortho nitro benzene ring substituents is 1. The molecule has 1 N–H and O–H groups in total. The maximum atomic E-state index is 12.4. The zero-order valence-electron chi connectivity index (χ0n) is 11.4. The second-order valence-corrected chi connectivity index (χ2v) is 5.69. The summed E-state index contributed by atoms with van der Waals surface area (Å²) in [7, 11) is 0. The molecule has 1 aliphatic carbocycles. The molecule has 1 aromatic carbocycles. The van der Waals surface area contributed by atoms with Gasteiger partial charge >= 0.3 is 6.03 Å². The average molecular weight is 289 g/mol. The standard InChI is InChI=1S/C14H15N3O4/c18-12-8-14(6-1-7-14)9-15-13(19)16(12)10-2-4-11(5-3-10)17(20)21/h2-5H,1,6-9H2,(H,15,19). The van der Waals surface area contributed by atoms with Gasteiger partial charge in [0.15, 0.2) is 0 Å². The van der Waals surface area contributed by atoms with E-state index in [0.717, 1.165) is 24.2 Å². The van der Waals surface area contributed by atoms with Gasteiger partial charge in [-0.15, -0.1) is 0 Å². The largest absolute Gasteiger partial charge is 0.337 e. The van der Waals surface area contributed by atoms with Crippen LogP contribution in [0.4, 0.5) is 16.2 Å². The lowest BCUT2D eigenvalue weighted by Gasteiger charge is -2.39. The predicted molar refractivity (Wildman–Crippen MR) is 74.9 cm³/mol. The highest BCUT2D eigenvalue weighted by atomic mass is 16.6. The van der Waals surface area contributed by atoms with Crippen molar-refractivity contribution in [2.24, 2.45) is 5.41 Å². The molecule has 3 rings (SSSR count). The lowest BCUT2D eigenvalue weighted by Crippen LogP contribution is -2.42. The van der Waals surface area contributed by atoms with Crippen molar-refractivity contribution >= 4 is 23.3 Å². The Balaban J connectivity index is 1.87. The van der Waals surface area contributed by atoms with Gasteiger partial charge in [0.1, 0.15) is 0 Å². The average Bonchev–Trinajstić information content (AvgIpc) is 2.55. The van der Waals surface area contributed by atoms with Crippen LogP contribution >= 0.6 is 0 Å². The van der Waals surface area contributed by atoms with E-state index in [4.69, 9.17) is 0 Å². The van der Waals surface area contributed by atoms with E-state index in [2.05, 4.69) is 5.32 Å². The molecule has 1 saturated heterocycles. The maximum absolute atomic E-state index is 12.4. The summed E-state index contributed by atoms with van der Waals surface area (Å²) in [4.78, 5) is 35.7. The summed E-state index contributed by atoms with van der Waals surface area (Å²) in [5.74, 6) is -0.251. The smallest absolute Gasteiger partial charge is 0.328 e. The SMILES string of the molecule is O=C1CC2(CCC2)CNC(=O)N1c1ccc([N+](=O)[O-])cc1. The van der Waals surface area contributed by atoms with Gasteiger partial charge < -0.3 is 5.32 Å². The van der Waals surface area contributed by atoms with Gasteiger partial charge in [-0.25, -0.2) is 9.69 Å². The lowest BCUT2D eigenvalue weighted by molar-refractivity contribution is -0.384. The summed E-state index contributed by atoms with van der Waals surface area (Å²) in [6.07, 6.45) is 3.32. The number of carbonyl (C=O) groups is 2. The van der Waals surface area contributed by atoms with Crippen molar-refractivity contribution in [3.8, 4) is 0 Å². The van der Waals surface area contributed by atoms with Crippen LogP contribution in [0.15, 0.2) is 24.3 Å². The molecule has 1 heterocycles. The molecule has 7 nitrogen and oxygen atoms in total. The van der Waals surface area contributed by atoms with Gasteiger partial charge in [-0.1, -0.05) is 6.42 Å². The number of amides is 3. The van der Waals surface area contributed by atoms with Crippen molar-refractivity contribution in [2.75, 3.05) is 11.4 Å². The van der Waals surface area contributed by atoms with Crippen LogP contribution in [0.25, 0.3) is 0 Å². The summed E-state index contributed by atoms with van der Waals surface area (Å²) in [5, 5.41) is 13.4. The Morgan fingerprint density at radius 1 is 1.19 bits per heavy atom. The monoisotopic (exact) mass is 289 g/mol. The Kier molecular flexibility index (Phi) is 3.12. The van der Waals surface area contributed by atoms with Crippen molar-refractivity contribution in [1.29, 1.82) is 0 Å². The molecule has 7 heteroatoms. The van der Waals surface area contributed by atoms with Gasteiger partial charge in [-0.3, -0.25) is 14.9 Å². The van der Waals surface area contributed by atoms with Crippen molar-refractivity contribution in [2.45, 2.75) is 25.7 Å². The molecular formula is C14H15N3O4. The van der Waals surface area contributed by atoms with Crippen molar-refractivity contribution in [3.05, 3.63) is 34.4 Å². The number of urea groups is 1. The Morgan fingerprint density at radius 2 is 1.86 bits per heavy atom. The molecule has 1 spiro atoms. The van der Waals surface area contributed by atoms with Crippen molar-refractivity contribution in [1.82, 2.24) is 5.32 Å². The van der Waals surface area contributed by atoms with Crippen LogP contribution in [0.5, 0.6) is 0 Å². The summed E-state index contributed by atoms with van der Waals surface area (Å²) >= 11 is 0. The second-order valence-electron chi connectivity index (χ2n) is 5.69. The minimum Gasteiger partial charge on any atom is -0.337 e. The molecule has 21 heavy (non-hydrogen) atoms. The van der Waals surface area contributed by atoms with Gasteiger partial charge in [0, 0.05) is 25.1 Å². The number of hydrogen-bond acceptors (Lipinski definition) is 4. The molecule has 0 bridgehead atoms. The predicted octanol–water partition coefficient (Wildman–Crippen LogP) is 2.21. The molecule has 0 radical (unpaired) electrons. The lowest BCUT2D eigenvalue weighted by atomic mass is 9.66. The summed E-state index contributed by atoms with van der Waals surface area (Å²) in [6.45, 7) is 0.515. The molecule has 3 amide bonds. The Labute approximate surface area is 121 Å². The van der Waals surface area contributed by atoms with E-state index < -0.39 is 11.0 Å². The third kappa shape index (κ3) is 2.35. The van der Waals surface area contributed by atoms with E-state index in [1.807, 2.05) is 0 Å². The third-order valence-corrected chi connectivity index (χ3v) is 4.33. The van der Waals surface area contributed by atoms with Crippen LogP contribution in [-0.2, 0) is 4.79 Å². The number of nitrogens with zero attached hydrogens (tertiary/aromatic N) is 2. The minimum absolute atomic E-state index is 0.0723. The zero-order chi connectivity index (χ0) is 15.0. The fraction of sp³-hybridized carbons (Fsp3) is 0.429. The Morgan fingerprint density at radius 3 is 2.38 bits per heavy atom. The molecular weight excluding hydrogens is 274 g/mol. The summed E-state index contributed by atoms with van der Waals surface area (Å²) < 4.78 is 0. The first-order valence-electron chi connectivity index (χ1n) is 6.86. The fourth-order valence-corrected chi connectivity index (χ4v) is 2.93. The first kappa shape index (κ1) is 13.5. The van der Waals surface area contributed by atoms with E-state index in [-0.39, 0.29) is 17.0 Å². The van der Waals surface area contributed by atoms with Crippen LogP contribution in [0.3, 0.4) is 0 Å². The highest BCUT2D eigenvalue weighted by Crippen LogP contribution is 2.45. The Bertz CT molecular complexity index is 607. The molecule has 2 fully saturated rings. The van der Waals surface area contributed by atoms with Gasteiger partial charge in [0.25, 0.3) is 5.69 Å². The topological polar surface area (TPSA) is 92.6 Å². The van der Waals surface area contributed by atoms with E-state index in [1.54, 1.807) is 0 Å². The van der Waals surface area contributed by atoms with Gasteiger partial charge in [0.05, 0.1) is 10.6 Å². The Hall–Kier alpha value is -2.44. The molecule has 0 atom stereocenters. The number of nitro benzene ring substituents is 1. The van der Waals surface area contributed by atoms with Crippen molar-refractivity contribution < 1.29 is 14.5 Å². The maximum Gasteiger partial charge on any atom is 0.328 e. The van der Waals surface area contributed by atoms with Crippen LogP contribution in [0.1, 0.15) is 25.7 Å². The molecule has 2 aliphatic rings. The fourth-order valence-electron chi connectivity index (χ4n) is 2.93. The van der Waals surface area contributed by atoms with Crippen LogP contribution < -0.4 is 10.2 Å². The number of hydrogen-bond donors (Lipinski definition) is 1. The molecule has 1 saturated carbocycles. The van der Waals surface area contributed by atoms with Crippen LogP contribution in [0.2, 0.25) is 0 Å². The molecule has 1 aromatic rings. The number of carbonyl (C=O) groups excluding carboxylic acids is 2. The van der Waals surface area contributed by atoms with Crippen molar-refractivity contribution in [3.63, 3.8) is 0 Å². The first-order valence-corrected chi connectivity index (χ1v) is 6.86. The van der Waals surface area contributed by atoms with Crippen LogP contribution in [0, 0.1) is 15.5 Å². The summed E-state index contributed by atoms with van der Waals surface area (Å²) in [5.41, 5.74) is 0.193. The van der Waals surface area contributed by atoms with E-state index in [1.165, 1.54) is 24.3 Å². The van der Waals surface area contributed by atoms with E-state index in [9.17, 15) is 19.7 Å². The van der Waals surface area contributed by atoms with Gasteiger partial charge in [-0.05, 0) is 30.4 Å².